The Kier molecular flexibility index (Phi) is 7.56. The van der Waals surface area contributed by atoms with Gasteiger partial charge in [-0.15, -0.1) is 0 Å². The molecule has 1 amide bonds. The number of nitrogens with one attached hydrogen (secondary N) is 1. The van der Waals surface area contributed by atoms with E-state index < -0.39 is 24.2 Å². The zero-order valence-corrected chi connectivity index (χ0v) is 19.4. The summed E-state index contributed by atoms with van der Waals surface area (Å²) in [7, 11) is 0. The van der Waals surface area contributed by atoms with E-state index in [1.165, 1.54) is 6.92 Å². The van der Waals surface area contributed by atoms with Gasteiger partial charge >= 0.3 is 0 Å². The van der Waals surface area contributed by atoms with Gasteiger partial charge in [0.05, 0.1) is 18.2 Å². The quantitative estimate of drug-likeness (QED) is 0.427. The monoisotopic (exact) mass is 457 g/mol. The maximum Gasteiger partial charge on any atom is 0.224 e. The van der Waals surface area contributed by atoms with Crippen molar-refractivity contribution in [3.8, 4) is 0 Å². The first kappa shape index (κ1) is 23.9. The van der Waals surface area contributed by atoms with Gasteiger partial charge in [0.15, 0.2) is 5.78 Å². The van der Waals surface area contributed by atoms with E-state index in [0.29, 0.717) is 24.8 Å². The smallest absolute Gasteiger partial charge is 0.224 e. The van der Waals surface area contributed by atoms with Crippen molar-refractivity contribution in [2.75, 3.05) is 0 Å². The minimum Gasteiger partial charge on any atom is -0.393 e. The molecule has 34 heavy (non-hydrogen) atoms. The summed E-state index contributed by atoms with van der Waals surface area (Å²) >= 11 is 0. The van der Waals surface area contributed by atoms with Gasteiger partial charge in [0.25, 0.3) is 0 Å². The standard InChI is InChI=1S/C29H31NO4/c1-19(31)25-13-7-5-11-21(25)16-24(32)17-23(15-20-9-3-2-4-10-20)29(34)30-28-26-14-8-6-12-22(26)18-27(28)33/h2-14,23-24,27-28,32-33H,15-18H2,1H3,(H,30,34)/t23-,24-,27-,28+/m1/s1. The predicted molar refractivity (Wildman–Crippen MR) is 131 cm³/mol. The number of aliphatic hydroxyl groups is 2. The van der Waals surface area contributed by atoms with E-state index in [4.69, 9.17) is 0 Å². The van der Waals surface area contributed by atoms with Crippen LogP contribution in [-0.2, 0) is 24.1 Å². The second-order valence-electron chi connectivity index (χ2n) is 9.15. The molecule has 3 aromatic carbocycles. The number of carbonyl (C=O) groups is 2. The summed E-state index contributed by atoms with van der Waals surface area (Å²) in [5.74, 6) is -0.722. The zero-order valence-electron chi connectivity index (χ0n) is 19.4. The Hall–Kier alpha value is -3.28. The summed E-state index contributed by atoms with van der Waals surface area (Å²) in [5.41, 5.74) is 4.36. The molecule has 4 rings (SSSR count). The van der Waals surface area contributed by atoms with Crippen molar-refractivity contribution in [2.24, 2.45) is 5.92 Å². The van der Waals surface area contributed by atoms with Gasteiger partial charge in [0.2, 0.25) is 5.91 Å². The van der Waals surface area contributed by atoms with E-state index in [1.807, 2.05) is 72.8 Å². The van der Waals surface area contributed by atoms with Gasteiger partial charge in [-0.2, -0.15) is 0 Å². The van der Waals surface area contributed by atoms with Crippen LogP contribution in [0.4, 0.5) is 0 Å². The highest BCUT2D eigenvalue weighted by molar-refractivity contribution is 5.95. The molecule has 0 spiro atoms. The topological polar surface area (TPSA) is 86.6 Å². The van der Waals surface area contributed by atoms with E-state index in [1.54, 1.807) is 6.07 Å². The van der Waals surface area contributed by atoms with Crippen LogP contribution < -0.4 is 5.32 Å². The van der Waals surface area contributed by atoms with Gasteiger partial charge < -0.3 is 15.5 Å². The summed E-state index contributed by atoms with van der Waals surface area (Å²) in [4.78, 5) is 25.4. The zero-order chi connectivity index (χ0) is 24.1. The highest BCUT2D eigenvalue weighted by atomic mass is 16.3. The van der Waals surface area contributed by atoms with Crippen molar-refractivity contribution in [3.63, 3.8) is 0 Å². The first-order valence-electron chi connectivity index (χ1n) is 11.8. The van der Waals surface area contributed by atoms with E-state index in [2.05, 4.69) is 5.32 Å². The average molecular weight is 458 g/mol. The highest BCUT2D eigenvalue weighted by Gasteiger charge is 2.34. The van der Waals surface area contributed by atoms with Crippen molar-refractivity contribution in [1.82, 2.24) is 5.32 Å². The highest BCUT2D eigenvalue weighted by Crippen LogP contribution is 2.32. The maximum atomic E-state index is 13.4. The maximum absolute atomic E-state index is 13.4. The van der Waals surface area contributed by atoms with Gasteiger partial charge in [-0.1, -0.05) is 78.9 Å². The largest absolute Gasteiger partial charge is 0.393 e. The number of rotatable bonds is 9. The molecule has 3 N–H and O–H groups in total. The molecule has 0 heterocycles. The Bertz CT molecular complexity index is 1140. The van der Waals surface area contributed by atoms with Crippen LogP contribution in [0.2, 0.25) is 0 Å². The van der Waals surface area contributed by atoms with Crippen LogP contribution >= 0.6 is 0 Å². The number of hydrogen-bond acceptors (Lipinski definition) is 4. The molecule has 0 fully saturated rings. The minimum atomic E-state index is -0.791. The molecule has 176 valence electrons. The Morgan fingerprint density at radius 3 is 2.38 bits per heavy atom. The molecule has 5 heteroatoms. The molecule has 0 unspecified atom stereocenters. The van der Waals surface area contributed by atoms with Gasteiger partial charge in [-0.05, 0) is 48.4 Å². The summed E-state index contributed by atoms with van der Waals surface area (Å²) in [6.45, 7) is 1.52. The van der Waals surface area contributed by atoms with Gasteiger partial charge in [-0.25, -0.2) is 0 Å². The molecule has 1 aliphatic carbocycles. The lowest BCUT2D eigenvalue weighted by Crippen LogP contribution is -2.39. The third-order valence-electron chi connectivity index (χ3n) is 6.61. The SMILES string of the molecule is CC(=O)c1ccccc1C[C@@H](O)C[C@@H](Cc1ccccc1)C(=O)N[C@H]1c2ccccc2C[C@H]1O. The van der Waals surface area contributed by atoms with E-state index >= 15 is 0 Å². The van der Waals surface area contributed by atoms with E-state index in [9.17, 15) is 19.8 Å². The van der Waals surface area contributed by atoms with Gasteiger partial charge in [0.1, 0.15) is 0 Å². The van der Waals surface area contributed by atoms with Gasteiger partial charge in [0, 0.05) is 17.9 Å². The molecule has 4 atom stereocenters. The second kappa shape index (κ2) is 10.8. The predicted octanol–water partition coefficient (Wildman–Crippen LogP) is 3.82. The number of amides is 1. The van der Waals surface area contributed by atoms with Crippen molar-refractivity contribution in [2.45, 2.75) is 50.9 Å². The van der Waals surface area contributed by atoms with Crippen LogP contribution in [0.5, 0.6) is 0 Å². The van der Waals surface area contributed by atoms with Crippen molar-refractivity contribution >= 4 is 11.7 Å². The lowest BCUT2D eigenvalue weighted by Gasteiger charge is -2.24. The first-order chi connectivity index (χ1) is 16.4. The minimum absolute atomic E-state index is 0.0461. The summed E-state index contributed by atoms with van der Waals surface area (Å²) in [6, 6.07) is 24.3. The lowest BCUT2D eigenvalue weighted by atomic mass is 9.89. The lowest BCUT2D eigenvalue weighted by molar-refractivity contribution is -0.127. The summed E-state index contributed by atoms with van der Waals surface area (Å²) in [6.07, 6.45) is 0.0600. The molecule has 0 aromatic heterocycles. The fourth-order valence-corrected chi connectivity index (χ4v) is 4.91. The third kappa shape index (κ3) is 5.61. The van der Waals surface area contributed by atoms with Crippen molar-refractivity contribution in [3.05, 3.63) is 107 Å². The summed E-state index contributed by atoms with van der Waals surface area (Å²) < 4.78 is 0. The van der Waals surface area contributed by atoms with E-state index in [0.717, 1.165) is 22.3 Å². The molecule has 5 nitrogen and oxygen atoms in total. The Morgan fingerprint density at radius 1 is 0.941 bits per heavy atom. The first-order valence-corrected chi connectivity index (χ1v) is 11.8. The normalized spacial score (nSPS) is 18.7. The Balaban J connectivity index is 1.51. The number of hydrogen-bond donors (Lipinski definition) is 3. The van der Waals surface area contributed by atoms with Crippen LogP contribution in [-0.4, -0.2) is 34.1 Å². The molecule has 1 aliphatic rings. The molecular formula is C29H31NO4. The Morgan fingerprint density at radius 2 is 1.62 bits per heavy atom. The number of Topliss-reactive ketones (excluding diaryl/α,β-unsaturated/α-hetero) is 1. The molecule has 0 radical (unpaired) electrons. The van der Waals surface area contributed by atoms with Crippen LogP contribution in [0.1, 0.15) is 52.0 Å². The Labute approximate surface area is 200 Å². The second-order valence-corrected chi connectivity index (χ2v) is 9.15. The number of benzene rings is 3. The molecule has 0 bridgehead atoms. The molecule has 0 saturated carbocycles. The number of fused-ring (bicyclic) bond motifs is 1. The molecular weight excluding hydrogens is 426 g/mol. The van der Waals surface area contributed by atoms with Crippen molar-refractivity contribution < 1.29 is 19.8 Å². The number of carbonyl (C=O) groups excluding carboxylic acids is 2. The number of ketones is 1. The van der Waals surface area contributed by atoms with Crippen LogP contribution in [0.15, 0.2) is 78.9 Å². The molecule has 3 aromatic rings. The van der Waals surface area contributed by atoms with Crippen molar-refractivity contribution in [1.29, 1.82) is 0 Å². The fraction of sp³-hybridized carbons (Fsp3) is 0.310. The summed E-state index contributed by atoms with van der Waals surface area (Å²) in [5, 5.41) is 24.6. The van der Waals surface area contributed by atoms with Gasteiger partial charge in [-0.3, -0.25) is 9.59 Å². The van der Waals surface area contributed by atoms with Crippen LogP contribution in [0, 0.1) is 5.92 Å². The number of aliphatic hydroxyl groups excluding tert-OH is 2. The molecule has 0 saturated heterocycles. The van der Waals surface area contributed by atoms with Crippen LogP contribution in [0.3, 0.4) is 0 Å². The van der Waals surface area contributed by atoms with E-state index in [-0.39, 0.29) is 18.1 Å². The fourth-order valence-electron chi connectivity index (χ4n) is 4.91. The third-order valence-corrected chi connectivity index (χ3v) is 6.61. The average Bonchev–Trinajstić information content (AvgIpc) is 3.14. The molecule has 0 aliphatic heterocycles. The van der Waals surface area contributed by atoms with Crippen LogP contribution in [0.25, 0.3) is 0 Å².